The van der Waals surface area contributed by atoms with E-state index in [1.54, 1.807) is 13.2 Å². The van der Waals surface area contributed by atoms with Gasteiger partial charge in [0.2, 0.25) is 0 Å². The van der Waals surface area contributed by atoms with Crippen LogP contribution in [0, 0.1) is 0 Å². The Labute approximate surface area is 136 Å². The van der Waals surface area contributed by atoms with Crippen LogP contribution in [0.1, 0.15) is 19.4 Å². The number of methoxy groups -OCH3 is 1. The Bertz CT molecular complexity index is 724. The monoisotopic (exact) mass is 311 g/mol. The van der Waals surface area contributed by atoms with Crippen molar-refractivity contribution in [3.8, 4) is 11.5 Å². The molecule has 0 N–H and O–H groups in total. The van der Waals surface area contributed by atoms with Crippen molar-refractivity contribution >= 4 is 11.6 Å². The molecule has 0 bridgehead atoms. The van der Waals surface area contributed by atoms with Crippen molar-refractivity contribution in [2.24, 2.45) is 0 Å². The highest BCUT2D eigenvalue weighted by Crippen LogP contribution is 2.40. The normalized spacial score (nSPS) is 15.2. The highest BCUT2D eigenvalue weighted by Gasteiger charge is 2.37. The lowest BCUT2D eigenvalue weighted by Crippen LogP contribution is -2.37. The number of anilines is 1. The van der Waals surface area contributed by atoms with Crippen molar-refractivity contribution in [2.75, 3.05) is 25.2 Å². The molecule has 1 heterocycles. The van der Waals surface area contributed by atoms with Crippen LogP contribution in [0.25, 0.3) is 0 Å². The average Bonchev–Trinajstić information content (AvgIpc) is 2.85. The van der Waals surface area contributed by atoms with E-state index in [4.69, 9.17) is 9.47 Å². The summed E-state index contributed by atoms with van der Waals surface area (Å²) >= 11 is 0. The molecule has 0 radical (unpaired) electrons. The van der Waals surface area contributed by atoms with Crippen molar-refractivity contribution in [3.05, 3.63) is 54.1 Å². The van der Waals surface area contributed by atoms with E-state index in [2.05, 4.69) is 19.9 Å². The Morgan fingerprint density at radius 1 is 1.09 bits per heavy atom. The molecule has 0 atom stereocenters. The fourth-order valence-corrected chi connectivity index (χ4v) is 3.02. The minimum atomic E-state index is -0.0473. The molecule has 2 aromatic rings. The van der Waals surface area contributed by atoms with Gasteiger partial charge < -0.3 is 14.4 Å². The SMILES string of the molecule is COc1ccccc1OCC(=O)N1CC(C)(C)c2ccccc21. The van der Waals surface area contributed by atoms with E-state index < -0.39 is 0 Å². The van der Waals surface area contributed by atoms with Gasteiger partial charge in [0.05, 0.1) is 7.11 Å². The summed E-state index contributed by atoms with van der Waals surface area (Å²) in [6.45, 7) is 4.96. The van der Waals surface area contributed by atoms with Crippen molar-refractivity contribution in [1.82, 2.24) is 0 Å². The molecule has 0 aromatic heterocycles. The van der Waals surface area contributed by atoms with Crippen LogP contribution < -0.4 is 14.4 Å². The lowest BCUT2D eigenvalue weighted by atomic mass is 9.87. The number of para-hydroxylation sites is 3. The maximum Gasteiger partial charge on any atom is 0.264 e. The molecule has 1 aliphatic heterocycles. The number of hydrogen-bond acceptors (Lipinski definition) is 3. The van der Waals surface area contributed by atoms with E-state index in [0.29, 0.717) is 18.0 Å². The maximum absolute atomic E-state index is 12.6. The molecule has 120 valence electrons. The highest BCUT2D eigenvalue weighted by atomic mass is 16.5. The molecule has 0 saturated carbocycles. The Kier molecular flexibility index (Phi) is 3.99. The minimum absolute atomic E-state index is 0.00914. The summed E-state index contributed by atoms with van der Waals surface area (Å²) in [6, 6.07) is 15.4. The van der Waals surface area contributed by atoms with Crippen LogP contribution in [0.3, 0.4) is 0 Å². The van der Waals surface area contributed by atoms with Gasteiger partial charge in [-0.3, -0.25) is 4.79 Å². The summed E-state index contributed by atoms with van der Waals surface area (Å²) in [4.78, 5) is 14.4. The first-order valence-electron chi connectivity index (χ1n) is 7.68. The third kappa shape index (κ3) is 2.89. The van der Waals surface area contributed by atoms with E-state index in [1.807, 2.05) is 41.3 Å². The molecule has 0 aliphatic carbocycles. The largest absolute Gasteiger partial charge is 0.493 e. The predicted molar refractivity (Wildman–Crippen MR) is 90.3 cm³/mol. The standard InChI is InChI=1S/C19H21NO3/c1-19(2)13-20(15-9-5-4-8-14(15)19)18(21)12-23-17-11-7-6-10-16(17)22-3/h4-11H,12-13H2,1-3H3. The van der Waals surface area contributed by atoms with Gasteiger partial charge in [0.25, 0.3) is 5.91 Å². The number of rotatable bonds is 4. The van der Waals surface area contributed by atoms with Gasteiger partial charge in [-0.2, -0.15) is 0 Å². The number of carbonyl (C=O) groups excluding carboxylic acids is 1. The first-order chi connectivity index (χ1) is 11.0. The van der Waals surface area contributed by atoms with Gasteiger partial charge in [-0.1, -0.05) is 44.2 Å². The van der Waals surface area contributed by atoms with Crippen LogP contribution in [-0.2, 0) is 10.2 Å². The van der Waals surface area contributed by atoms with Crippen LogP contribution in [0.5, 0.6) is 11.5 Å². The zero-order chi connectivity index (χ0) is 16.4. The van der Waals surface area contributed by atoms with Gasteiger partial charge in [-0.15, -0.1) is 0 Å². The molecule has 0 fully saturated rings. The molecule has 0 spiro atoms. The third-order valence-electron chi connectivity index (χ3n) is 4.20. The molecule has 4 heteroatoms. The number of ether oxygens (including phenoxy) is 2. The van der Waals surface area contributed by atoms with E-state index in [0.717, 1.165) is 5.69 Å². The second kappa shape index (κ2) is 5.95. The lowest BCUT2D eigenvalue weighted by molar-refractivity contribution is -0.120. The molecule has 1 aliphatic rings. The molecule has 3 rings (SSSR count). The van der Waals surface area contributed by atoms with E-state index in [1.165, 1.54) is 5.56 Å². The topological polar surface area (TPSA) is 38.8 Å². The zero-order valence-electron chi connectivity index (χ0n) is 13.7. The van der Waals surface area contributed by atoms with Crippen molar-refractivity contribution in [2.45, 2.75) is 19.3 Å². The molecule has 0 unspecified atom stereocenters. The van der Waals surface area contributed by atoms with Crippen LogP contribution in [-0.4, -0.2) is 26.2 Å². The van der Waals surface area contributed by atoms with Crippen LogP contribution in [0.2, 0.25) is 0 Å². The van der Waals surface area contributed by atoms with Crippen molar-refractivity contribution in [3.63, 3.8) is 0 Å². The number of nitrogens with zero attached hydrogens (tertiary/aromatic N) is 1. The summed E-state index contributed by atoms with van der Waals surface area (Å²) in [5, 5.41) is 0. The Balaban J connectivity index is 1.75. The van der Waals surface area contributed by atoms with Gasteiger partial charge >= 0.3 is 0 Å². The Hall–Kier alpha value is -2.49. The van der Waals surface area contributed by atoms with Gasteiger partial charge in [-0.05, 0) is 23.8 Å². The minimum Gasteiger partial charge on any atom is -0.493 e. The Morgan fingerprint density at radius 3 is 2.48 bits per heavy atom. The van der Waals surface area contributed by atoms with E-state index >= 15 is 0 Å². The summed E-state index contributed by atoms with van der Waals surface area (Å²) in [5.74, 6) is 1.16. The number of fused-ring (bicyclic) bond motifs is 1. The summed E-state index contributed by atoms with van der Waals surface area (Å²) in [5.41, 5.74) is 2.13. The van der Waals surface area contributed by atoms with E-state index in [-0.39, 0.29) is 17.9 Å². The third-order valence-corrected chi connectivity index (χ3v) is 4.20. The fourth-order valence-electron chi connectivity index (χ4n) is 3.02. The van der Waals surface area contributed by atoms with Gasteiger partial charge in [0, 0.05) is 17.6 Å². The molecule has 2 aromatic carbocycles. The van der Waals surface area contributed by atoms with Gasteiger partial charge in [-0.25, -0.2) is 0 Å². The smallest absolute Gasteiger partial charge is 0.264 e. The lowest BCUT2D eigenvalue weighted by Gasteiger charge is -2.21. The van der Waals surface area contributed by atoms with Gasteiger partial charge in [0.1, 0.15) is 0 Å². The predicted octanol–water partition coefficient (Wildman–Crippen LogP) is 3.40. The summed E-state index contributed by atoms with van der Waals surface area (Å²) in [7, 11) is 1.59. The first kappa shape index (κ1) is 15.4. The second-order valence-electron chi connectivity index (χ2n) is 6.32. The first-order valence-corrected chi connectivity index (χ1v) is 7.68. The Morgan fingerprint density at radius 2 is 1.74 bits per heavy atom. The molecule has 1 amide bonds. The maximum atomic E-state index is 12.6. The number of amides is 1. The summed E-state index contributed by atoms with van der Waals surface area (Å²) in [6.07, 6.45) is 0. The van der Waals surface area contributed by atoms with Crippen molar-refractivity contribution in [1.29, 1.82) is 0 Å². The zero-order valence-corrected chi connectivity index (χ0v) is 13.7. The van der Waals surface area contributed by atoms with E-state index in [9.17, 15) is 4.79 Å². The van der Waals surface area contributed by atoms with Gasteiger partial charge in [0.15, 0.2) is 18.1 Å². The number of hydrogen-bond donors (Lipinski definition) is 0. The molecule has 0 saturated heterocycles. The fraction of sp³-hybridized carbons (Fsp3) is 0.316. The average molecular weight is 311 g/mol. The van der Waals surface area contributed by atoms with Crippen molar-refractivity contribution < 1.29 is 14.3 Å². The molecular formula is C19H21NO3. The quantitative estimate of drug-likeness (QED) is 0.868. The van der Waals surface area contributed by atoms with Crippen LogP contribution in [0.15, 0.2) is 48.5 Å². The molecule has 23 heavy (non-hydrogen) atoms. The molecular weight excluding hydrogens is 290 g/mol. The molecule has 4 nitrogen and oxygen atoms in total. The second-order valence-corrected chi connectivity index (χ2v) is 6.32. The number of benzene rings is 2. The number of carbonyl (C=O) groups is 1. The van der Waals surface area contributed by atoms with Crippen LogP contribution in [0.4, 0.5) is 5.69 Å². The van der Waals surface area contributed by atoms with Crippen LogP contribution >= 0.6 is 0 Å². The highest BCUT2D eigenvalue weighted by molar-refractivity contribution is 5.97. The summed E-state index contributed by atoms with van der Waals surface area (Å²) < 4.78 is 10.9.